The maximum absolute atomic E-state index is 11.9. The van der Waals surface area contributed by atoms with Crippen LogP contribution in [0.5, 0.6) is 0 Å². The number of carbonyl (C=O) groups excluding carboxylic acids is 1. The third kappa shape index (κ3) is 5.19. The molecule has 0 bridgehead atoms. The second-order valence-electron chi connectivity index (χ2n) is 4.51. The topological polar surface area (TPSA) is 61.6 Å². The first-order valence-corrected chi connectivity index (χ1v) is 5.78. The molecule has 1 saturated heterocycles. The lowest BCUT2D eigenvalue weighted by Crippen LogP contribution is -2.57. The number of alkyl halides is 3. The number of nitrogens with two attached hydrogens (primary N) is 1. The highest BCUT2D eigenvalue weighted by molar-refractivity contribution is 5.78. The van der Waals surface area contributed by atoms with E-state index in [1.807, 2.05) is 17.3 Å². The molecule has 106 valence electrons. The number of rotatable bonds is 4. The van der Waals surface area contributed by atoms with Gasteiger partial charge in [0.25, 0.3) is 0 Å². The summed E-state index contributed by atoms with van der Waals surface area (Å²) in [4.78, 5) is 15.3. The van der Waals surface area contributed by atoms with E-state index in [1.165, 1.54) is 0 Å². The van der Waals surface area contributed by atoms with Gasteiger partial charge in [-0.2, -0.15) is 13.2 Å². The molecule has 1 atom stereocenters. The number of carbonyl (C=O) groups is 1. The van der Waals surface area contributed by atoms with Gasteiger partial charge in [0, 0.05) is 32.2 Å². The van der Waals surface area contributed by atoms with Crippen molar-refractivity contribution in [1.29, 1.82) is 0 Å². The molecule has 1 aliphatic rings. The zero-order valence-corrected chi connectivity index (χ0v) is 10.3. The normalized spacial score (nSPS) is 23.1. The van der Waals surface area contributed by atoms with Crippen LogP contribution in [0.15, 0.2) is 0 Å². The Bertz CT molecular complexity index is 285. The van der Waals surface area contributed by atoms with Gasteiger partial charge >= 0.3 is 6.18 Å². The average molecular weight is 268 g/mol. The number of halogens is 3. The number of hydrogen-bond acceptors (Lipinski definition) is 4. The fraction of sp³-hybridized carbons (Fsp3) is 0.900. The van der Waals surface area contributed by atoms with Crippen LogP contribution >= 0.6 is 0 Å². The predicted molar refractivity (Wildman–Crippen MR) is 61.0 cm³/mol. The number of amides is 1. The summed E-state index contributed by atoms with van der Waals surface area (Å²) in [5, 5.41) is 1.87. The third-order valence-corrected chi connectivity index (χ3v) is 2.91. The van der Waals surface area contributed by atoms with Crippen molar-refractivity contribution in [3.05, 3.63) is 0 Å². The largest absolute Gasteiger partial charge is 0.405 e. The van der Waals surface area contributed by atoms with E-state index >= 15 is 0 Å². The Morgan fingerprint density at radius 3 is 2.67 bits per heavy atom. The van der Waals surface area contributed by atoms with Gasteiger partial charge in [0.05, 0.1) is 6.54 Å². The summed E-state index contributed by atoms with van der Waals surface area (Å²) in [7, 11) is 1.95. The number of likely N-dealkylation sites (N-methyl/N-ethyl adjacent to an activating group) is 1. The van der Waals surface area contributed by atoms with E-state index in [4.69, 9.17) is 5.73 Å². The maximum Gasteiger partial charge on any atom is 0.405 e. The molecule has 8 heteroatoms. The molecule has 3 N–H and O–H groups in total. The molecule has 0 spiro atoms. The van der Waals surface area contributed by atoms with Crippen molar-refractivity contribution in [1.82, 2.24) is 15.1 Å². The molecule has 0 aromatic rings. The Kier molecular flexibility index (Phi) is 5.36. The first-order valence-electron chi connectivity index (χ1n) is 5.78. The van der Waals surface area contributed by atoms with E-state index in [0.29, 0.717) is 13.1 Å². The number of nitrogens with one attached hydrogen (secondary N) is 1. The van der Waals surface area contributed by atoms with Gasteiger partial charge in [-0.15, -0.1) is 0 Å². The van der Waals surface area contributed by atoms with E-state index in [2.05, 4.69) is 4.90 Å². The van der Waals surface area contributed by atoms with Crippen molar-refractivity contribution < 1.29 is 18.0 Å². The van der Waals surface area contributed by atoms with Gasteiger partial charge in [0.1, 0.15) is 6.54 Å². The Hall–Kier alpha value is -0.860. The van der Waals surface area contributed by atoms with E-state index in [9.17, 15) is 18.0 Å². The summed E-state index contributed by atoms with van der Waals surface area (Å²) < 4.78 is 35.8. The number of piperazine rings is 1. The highest BCUT2D eigenvalue weighted by Crippen LogP contribution is 2.12. The van der Waals surface area contributed by atoms with Crippen molar-refractivity contribution in [3.8, 4) is 0 Å². The SMILES string of the molecule is CN1CCN(CC(=O)NCC(F)(F)F)C(CN)C1. The van der Waals surface area contributed by atoms with Crippen molar-refractivity contribution in [2.45, 2.75) is 12.2 Å². The second kappa shape index (κ2) is 6.35. The van der Waals surface area contributed by atoms with Gasteiger partial charge in [-0.1, -0.05) is 0 Å². The molecule has 18 heavy (non-hydrogen) atoms. The molecular formula is C10H19F3N4O. The molecule has 0 saturated carbocycles. The molecule has 0 aliphatic carbocycles. The Morgan fingerprint density at radius 2 is 2.11 bits per heavy atom. The fourth-order valence-corrected chi connectivity index (χ4v) is 1.92. The van der Waals surface area contributed by atoms with Crippen molar-refractivity contribution in [2.24, 2.45) is 5.73 Å². The maximum atomic E-state index is 11.9. The van der Waals surface area contributed by atoms with Crippen LogP contribution in [0.1, 0.15) is 0 Å². The standard InChI is InChI=1S/C10H19F3N4O/c1-16-2-3-17(8(4-14)5-16)6-9(18)15-7-10(11,12)13/h8H,2-7,14H2,1H3,(H,15,18). The lowest BCUT2D eigenvalue weighted by Gasteiger charge is -2.39. The molecule has 1 rings (SSSR count). The van der Waals surface area contributed by atoms with Gasteiger partial charge in [-0.05, 0) is 7.05 Å². The summed E-state index contributed by atoms with van der Waals surface area (Å²) in [6.45, 7) is 1.21. The van der Waals surface area contributed by atoms with Crippen LogP contribution in [0.25, 0.3) is 0 Å². The van der Waals surface area contributed by atoms with Gasteiger partial charge < -0.3 is 16.0 Å². The lowest BCUT2D eigenvalue weighted by atomic mass is 10.1. The monoisotopic (exact) mass is 268 g/mol. The van der Waals surface area contributed by atoms with Gasteiger partial charge in [-0.3, -0.25) is 9.69 Å². The molecule has 1 amide bonds. The van der Waals surface area contributed by atoms with Crippen molar-refractivity contribution >= 4 is 5.91 Å². The summed E-state index contributed by atoms with van der Waals surface area (Å²) in [5.41, 5.74) is 5.59. The minimum absolute atomic E-state index is 0.0142. The van der Waals surface area contributed by atoms with Crippen LogP contribution in [-0.4, -0.2) is 74.2 Å². The summed E-state index contributed by atoms with van der Waals surface area (Å²) >= 11 is 0. The molecule has 0 aromatic carbocycles. The summed E-state index contributed by atoms with van der Waals surface area (Å²) in [6.07, 6.45) is -4.37. The van der Waals surface area contributed by atoms with Crippen LogP contribution in [0.4, 0.5) is 13.2 Å². The first kappa shape index (κ1) is 15.2. The lowest BCUT2D eigenvalue weighted by molar-refractivity contribution is -0.139. The van der Waals surface area contributed by atoms with Crippen LogP contribution in [0.2, 0.25) is 0 Å². The zero-order chi connectivity index (χ0) is 13.8. The van der Waals surface area contributed by atoms with Crippen LogP contribution in [0, 0.1) is 0 Å². The predicted octanol–water partition coefficient (Wildman–Crippen LogP) is -0.760. The molecule has 5 nitrogen and oxygen atoms in total. The molecule has 1 unspecified atom stereocenters. The van der Waals surface area contributed by atoms with Gasteiger partial charge in [-0.25, -0.2) is 0 Å². The van der Waals surface area contributed by atoms with Crippen molar-refractivity contribution in [2.75, 3.05) is 46.3 Å². The highest BCUT2D eigenvalue weighted by Gasteiger charge is 2.29. The molecule has 0 aromatic heterocycles. The quantitative estimate of drug-likeness (QED) is 0.703. The Balaban J connectivity index is 2.38. The smallest absolute Gasteiger partial charge is 0.346 e. The van der Waals surface area contributed by atoms with E-state index < -0.39 is 18.6 Å². The Morgan fingerprint density at radius 1 is 1.44 bits per heavy atom. The molecule has 1 fully saturated rings. The van der Waals surface area contributed by atoms with Gasteiger partial charge in [0.2, 0.25) is 5.91 Å². The minimum atomic E-state index is -4.37. The third-order valence-electron chi connectivity index (χ3n) is 2.91. The second-order valence-corrected chi connectivity index (χ2v) is 4.51. The summed E-state index contributed by atoms with van der Waals surface area (Å²) in [5.74, 6) is -0.615. The Labute approximate surface area is 104 Å². The fourth-order valence-electron chi connectivity index (χ4n) is 1.92. The molecule has 0 radical (unpaired) electrons. The highest BCUT2D eigenvalue weighted by atomic mass is 19.4. The average Bonchev–Trinajstić information content (AvgIpc) is 2.28. The van der Waals surface area contributed by atoms with E-state index in [0.717, 1.165) is 13.1 Å². The molecular weight excluding hydrogens is 249 g/mol. The number of nitrogens with zero attached hydrogens (tertiary/aromatic N) is 2. The van der Waals surface area contributed by atoms with Crippen molar-refractivity contribution in [3.63, 3.8) is 0 Å². The molecule has 1 aliphatic heterocycles. The minimum Gasteiger partial charge on any atom is -0.346 e. The zero-order valence-electron chi connectivity index (χ0n) is 10.3. The van der Waals surface area contributed by atoms with E-state index in [-0.39, 0.29) is 12.6 Å². The molecule has 1 heterocycles. The summed E-state index contributed by atoms with van der Waals surface area (Å²) in [6, 6.07) is 0.0142. The van der Waals surface area contributed by atoms with Crippen LogP contribution in [-0.2, 0) is 4.79 Å². The van der Waals surface area contributed by atoms with Crippen LogP contribution in [0.3, 0.4) is 0 Å². The first-order chi connectivity index (χ1) is 8.31. The number of hydrogen-bond donors (Lipinski definition) is 2. The van der Waals surface area contributed by atoms with E-state index in [1.54, 1.807) is 0 Å². The van der Waals surface area contributed by atoms with Gasteiger partial charge in [0.15, 0.2) is 0 Å². The van der Waals surface area contributed by atoms with Crippen LogP contribution < -0.4 is 11.1 Å².